The van der Waals surface area contributed by atoms with Crippen molar-refractivity contribution < 1.29 is 0 Å². The lowest BCUT2D eigenvalue weighted by molar-refractivity contribution is -0.110. The molecule has 120 valence electrons. The molecule has 4 saturated carbocycles. The molecule has 0 heterocycles. The van der Waals surface area contributed by atoms with Gasteiger partial charge in [-0.15, -0.1) is 0 Å². The van der Waals surface area contributed by atoms with Gasteiger partial charge in [-0.3, -0.25) is 0 Å². The zero-order valence-corrected chi connectivity index (χ0v) is 14.7. The maximum absolute atomic E-state index is 2.71. The summed E-state index contributed by atoms with van der Waals surface area (Å²) in [5, 5.41) is 0. The van der Waals surface area contributed by atoms with E-state index in [9.17, 15) is 0 Å². The first kappa shape index (κ1) is 14.6. The van der Waals surface area contributed by atoms with E-state index in [0.29, 0.717) is 5.41 Å². The minimum absolute atomic E-state index is 0.716. The molecule has 0 spiro atoms. The number of hydrogen-bond acceptors (Lipinski definition) is 0. The third-order valence-electron chi connectivity index (χ3n) is 9.27. The van der Waals surface area contributed by atoms with Crippen LogP contribution in [0.2, 0.25) is 0 Å². The van der Waals surface area contributed by atoms with E-state index in [1.165, 1.54) is 19.3 Å². The highest BCUT2D eigenvalue weighted by Gasteiger charge is 2.59. The van der Waals surface area contributed by atoms with Crippen molar-refractivity contribution in [1.29, 1.82) is 0 Å². The Labute approximate surface area is 132 Å². The molecule has 0 heteroatoms. The molecule has 2 unspecified atom stereocenters. The summed E-state index contributed by atoms with van der Waals surface area (Å²) in [6, 6.07) is 0. The second-order valence-electron chi connectivity index (χ2n) is 9.63. The fraction of sp³-hybridized carbons (Fsp3) is 1.00. The fourth-order valence-corrected chi connectivity index (χ4v) is 8.07. The van der Waals surface area contributed by atoms with E-state index in [1.54, 1.807) is 51.4 Å². The maximum atomic E-state index is 2.71. The van der Waals surface area contributed by atoms with Crippen molar-refractivity contribution in [2.24, 2.45) is 40.4 Å². The lowest BCUT2D eigenvalue weighted by Crippen LogP contribution is -2.52. The van der Waals surface area contributed by atoms with Crippen molar-refractivity contribution in [3.05, 3.63) is 0 Å². The van der Waals surface area contributed by atoms with Crippen LogP contribution in [-0.2, 0) is 0 Å². The third-order valence-corrected chi connectivity index (χ3v) is 9.27. The lowest BCUT2D eigenvalue weighted by atomic mass is 9.45. The fourth-order valence-electron chi connectivity index (χ4n) is 8.07. The topological polar surface area (TPSA) is 0 Å². The van der Waals surface area contributed by atoms with Crippen molar-refractivity contribution >= 4 is 0 Å². The molecule has 4 rings (SSSR count). The van der Waals surface area contributed by atoms with Gasteiger partial charge in [0.25, 0.3) is 0 Å². The summed E-state index contributed by atoms with van der Waals surface area (Å²) in [4.78, 5) is 0. The maximum Gasteiger partial charge on any atom is -0.0266 e. The normalized spacial score (nSPS) is 56.4. The molecule has 0 saturated heterocycles. The Hall–Kier alpha value is 0. The molecule has 7 atom stereocenters. The van der Waals surface area contributed by atoms with E-state index >= 15 is 0 Å². The molecule has 4 aliphatic carbocycles. The van der Waals surface area contributed by atoms with Gasteiger partial charge in [0.1, 0.15) is 0 Å². The van der Waals surface area contributed by atoms with Crippen molar-refractivity contribution in [1.82, 2.24) is 0 Å². The Bertz CT molecular complexity index is 399. The Morgan fingerprint density at radius 1 is 0.762 bits per heavy atom. The Morgan fingerprint density at radius 2 is 1.57 bits per heavy atom. The molecule has 4 fully saturated rings. The van der Waals surface area contributed by atoms with Gasteiger partial charge < -0.3 is 0 Å². The van der Waals surface area contributed by atoms with Crippen LogP contribution in [0.3, 0.4) is 0 Å². The van der Waals surface area contributed by atoms with Crippen LogP contribution < -0.4 is 0 Å². The molecule has 0 N–H and O–H groups in total. The third kappa shape index (κ3) is 1.93. The van der Waals surface area contributed by atoms with E-state index in [2.05, 4.69) is 20.8 Å². The van der Waals surface area contributed by atoms with Crippen molar-refractivity contribution in [2.45, 2.75) is 91.4 Å². The predicted octanol–water partition coefficient (Wildman–Crippen LogP) is 6.45. The smallest absolute Gasteiger partial charge is 0.0266 e. The zero-order valence-electron chi connectivity index (χ0n) is 14.7. The van der Waals surface area contributed by atoms with Crippen LogP contribution in [0.1, 0.15) is 91.4 Å². The molecule has 0 amide bonds. The van der Waals surface area contributed by atoms with Crippen molar-refractivity contribution in [2.75, 3.05) is 0 Å². The summed E-state index contributed by atoms with van der Waals surface area (Å²) in [6.45, 7) is 7.84. The van der Waals surface area contributed by atoms with Crippen LogP contribution in [0.15, 0.2) is 0 Å². The highest BCUT2D eigenvalue weighted by molar-refractivity contribution is 5.08. The quantitative estimate of drug-likeness (QED) is 0.520. The zero-order chi connectivity index (χ0) is 14.7. The molecule has 4 aliphatic rings. The Morgan fingerprint density at radius 3 is 2.38 bits per heavy atom. The van der Waals surface area contributed by atoms with Gasteiger partial charge in [-0.1, -0.05) is 40.0 Å². The van der Waals surface area contributed by atoms with E-state index in [0.717, 1.165) is 35.0 Å². The number of hydrogen-bond donors (Lipinski definition) is 0. The summed E-state index contributed by atoms with van der Waals surface area (Å²) in [5.41, 5.74) is 1.45. The first-order chi connectivity index (χ1) is 10.1. The molecule has 0 bridgehead atoms. The second-order valence-corrected chi connectivity index (χ2v) is 9.63. The Balaban J connectivity index is 1.62. The minimum Gasteiger partial charge on any atom is -0.0651 e. The van der Waals surface area contributed by atoms with Crippen LogP contribution in [-0.4, -0.2) is 0 Å². The largest absolute Gasteiger partial charge is 0.0651 e. The molecule has 0 aromatic heterocycles. The molecule has 21 heavy (non-hydrogen) atoms. The molecular weight excluding hydrogens is 252 g/mol. The molecule has 0 aromatic carbocycles. The van der Waals surface area contributed by atoms with Crippen molar-refractivity contribution in [3.8, 4) is 0 Å². The summed E-state index contributed by atoms with van der Waals surface area (Å²) >= 11 is 0. The summed E-state index contributed by atoms with van der Waals surface area (Å²) in [7, 11) is 0. The average molecular weight is 289 g/mol. The van der Waals surface area contributed by atoms with Gasteiger partial charge in [0, 0.05) is 0 Å². The van der Waals surface area contributed by atoms with Gasteiger partial charge in [0.2, 0.25) is 0 Å². The second kappa shape index (κ2) is 5.00. The van der Waals surface area contributed by atoms with Crippen LogP contribution >= 0.6 is 0 Å². The van der Waals surface area contributed by atoms with Crippen LogP contribution in [0.5, 0.6) is 0 Å². The van der Waals surface area contributed by atoms with Gasteiger partial charge in [-0.2, -0.15) is 0 Å². The molecule has 0 aliphatic heterocycles. The SMILES string of the molecule is CCC1CC[C@H]2[C@@H]3CCC4CCCC[C@]4(C)[C@H]3CC[C@]12C. The van der Waals surface area contributed by atoms with E-state index in [-0.39, 0.29) is 0 Å². The van der Waals surface area contributed by atoms with E-state index in [4.69, 9.17) is 0 Å². The van der Waals surface area contributed by atoms with Crippen LogP contribution in [0, 0.1) is 40.4 Å². The molecule has 0 radical (unpaired) electrons. The monoisotopic (exact) mass is 288 g/mol. The molecular formula is C21H36. The number of fused-ring (bicyclic) bond motifs is 5. The van der Waals surface area contributed by atoms with Gasteiger partial charge in [0.05, 0.1) is 0 Å². The van der Waals surface area contributed by atoms with Crippen LogP contribution in [0.4, 0.5) is 0 Å². The molecule has 0 aromatic rings. The summed E-state index contributed by atoms with van der Waals surface area (Å²) in [5.74, 6) is 5.39. The summed E-state index contributed by atoms with van der Waals surface area (Å²) < 4.78 is 0. The van der Waals surface area contributed by atoms with Gasteiger partial charge in [-0.05, 0) is 91.8 Å². The highest BCUT2D eigenvalue weighted by atomic mass is 14.6. The minimum atomic E-state index is 0.716. The standard InChI is InChI=1S/C21H36/c1-4-15-9-11-18-17-10-8-16-7-5-6-13-20(16,2)19(17)12-14-21(15,18)3/h15-19H,4-14H2,1-3H3/t15?,16?,17-,18-,19-,20-,21+/m0/s1. The van der Waals surface area contributed by atoms with Crippen molar-refractivity contribution in [3.63, 3.8) is 0 Å². The predicted molar refractivity (Wildman–Crippen MR) is 90.1 cm³/mol. The average Bonchev–Trinajstić information content (AvgIpc) is 2.83. The van der Waals surface area contributed by atoms with E-state index in [1.807, 2.05) is 0 Å². The Kier molecular flexibility index (Phi) is 3.47. The number of rotatable bonds is 1. The van der Waals surface area contributed by atoms with Gasteiger partial charge in [0.15, 0.2) is 0 Å². The molecule has 0 nitrogen and oxygen atoms in total. The van der Waals surface area contributed by atoms with Gasteiger partial charge in [-0.25, -0.2) is 0 Å². The first-order valence-electron chi connectivity index (χ1n) is 10.1. The highest BCUT2D eigenvalue weighted by Crippen LogP contribution is 2.67. The van der Waals surface area contributed by atoms with Crippen LogP contribution in [0.25, 0.3) is 0 Å². The van der Waals surface area contributed by atoms with Gasteiger partial charge >= 0.3 is 0 Å². The lowest BCUT2D eigenvalue weighted by Gasteiger charge is -2.60. The summed E-state index contributed by atoms with van der Waals surface area (Å²) in [6.07, 6.45) is 17.0. The first-order valence-corrected chi connectivity index (χ1v) is 10.1. The van der Waals surface area contributed by atoms with E-state index < -0.39 is 0 Å².